The Bertz CT molecular complexity index is 639. The second-order valence-electron chi connectivity index (χ2n) is 5.45. The van der Waals surface area contributed by atoms with E-state index in [0.717, 1.165) is 5.52 Å². The zero-order chi connectivity index (χ0) is 15.7. The topological polar surface area (TPSA) is 28.0 Å². The van der Waals surface area contributed by atoms with E-state index in [4.69, 9.17) is 0 Å². The second-order valence-corrected chi connectivity index (χ2v) is 5.45. The molecule has 0 spiro atoms. The third kappa shape index (κ3) is 3.24. The van der Waals surface area contributed by atoms with E-state index in [1.54, 1.807) is 17.2 Å². The first-order chi connectivity index (χ1) is 10.4. The third-order valence-corrected chi connectivity index (χ3v) is 3.81. The number of fused-ring (bicyclic) bond motifs is 1. The van der Waals surface area contributed by atoms with Crippen molar-refractivity contribution in [3.63, 3.8) is 0 Å². The van der Waals surface area contributed by atoms with E-state index in [9.17, 15) is 18.0 Å². The summed E-state index contributed by atoms with van der Waals surface area (Å²) in [6, 6.07) is 7.46. The van der Waals surface area contributed by atoms with Gasteiger partial charge in [0.2, 0.25) is 0 Å². The second kappa shape index (κ2) is 5.64. The summed E-state index contributed by atoms with van der Waals surface area (Å²) in [5.74, 6) is -0.129. The molecular formula is C15H16F3N3O. The summed E-state index contributed by atoms with van der Waals surface area (Å²) >= 11 is 0. The van der Waals surface area contributed by atoms with Crippen molar-refractivity contribution in [1.29, 1.82) is 0 Å². The first-order valence-electron chi connectivity index (χ1n) is 7.07. The predicted molar refractivity (Wildman–Crippen MR) is 75.8 cm³/mol. The minimum atomic E-state index is -4.19. The maximum Gasteiger partial charge on any atom is 0.401 e. The van der Waals surface area contributed by atoms with Gasteiger partial charge in [-0.3, -0.25) is 9.69 Å². The summed E-state index contributed by atoms with van der Waals surface area (Å²) in [6.45, 7) is 0.227. The van der Waals surface area contributed by atoms with Crippen LogP contribution in [0.4, 0.5) is 13.2 Å². The standard InChI is InChI=1S/C15H16F3N3O/c16-15(17,18)11-19-5-7-20(8-6-19)14(22)12-9-13-3-1-2-4-21(13)10-12/h1-4,9-10H,5-8,11H2. The van der Waals surface area contributed by atoms with E-state index in [2.05, 4.69) is 0 Å². The summed E-state index contributed by atoms with van der Waals surface area (Å²) in [4.78, 5) is 15.4. The zero-order valence-electron chi connectivity index (χ0n) is 11.9. The average molecular weight is 311 g/mol. The highest BCUT2D eigenvalue weighted by Crippen LogP contribution is 2.18. The van der Waals surface area contributed by atoms with Crippen LogP contribution in [0, 0.1) is 0 Å². The molecule has 3 heterocycles. The molecule has 0 saturated carbocycles. The molecule has 0 aromatic carbocycles. The molecular weight excluding hydrogens is 295 g/mol. The number of halogens is 3. The minimum Gasteiger partial charge on any atom is -0.336 e. The minimum absolute atomic E-state index is 0.129. The lowest BCUT2D eigenvalue weighted by Crippen LogP contribution is -2.50. The summed E-state index contributed by atoms with van der Waals surface area (Å²) in [6.07, 6.45) is -0.584. The molecule has 0 bridgehead atoms. The van der Waals surface area contributed by atoms with Gasteiger partial charge >= 0.3 is 6.18 Å². The molecule has 2 aromatic rings. The SMILES string of the molecule is O=C(c1cc2ccccn2c1)N1CCN(CC(F)(F)F)CC1. The number of carbonyl (C=O) groups is 1. The number of amides is 1. The number of alkyl halides is 3. The van der Waals surface area contributed by atoms with E-state index in [1.165, 1.54) is 4.90 Å². The summed E-state index contributed by atoms with van der Waals surface area (Å²) in [7, 11) is 0. The van der Waals surface area contributed by atoms with Crippen LogP contribution in [0.15, 0.2) is 36.7 Å². The maximum absolute atomic E-state index is 12.4. The van der Waals surface area contributed by atoms with Gasteiger partial charge in [-0.15, -0.1) is 0 Å². The number of nitrogens with zero attached hydrogens (tertiary/aromatic N) is 3. The first-order valence-corrected chi connectivity index (χ1v) is 7.07. The van der Waals surface area contributed by atoms with E-state index in [1.807, 2.05) is 28.8 Å². The third-order valence-electron chi connectivity index (χ3n) is 3.81. The van der Waals surface area contributed by atoms with Gasteiger partial charge in [0.05, 0.1) is 12.1 Å². The molecule has 4 nitrogen and oxygen atoms in total. The van der Waals surface area contributed by atoms with Crippen molar-refractivity contribution < 1.29 is 18.0 Å². The molecule has 1 aliphatic heterocycles. The van der Waals surface area contributed by atoms with Crippen molar-refractivity contribution in [2.45, 2.75) is 6.18 Å². The van der Waals surface area contributed by atoms with Crippen LogP contribution in [0.1, 0.15) is 10.4 Å². The van der Waals surface area contributed by atoms with Crippen LogP contribution in [-0.2, 0) is 0 Å². The highest BCUT2D eigenvalue weighted by Gasteiger charge is 2.33. The van der Waals surface area contributed by atoms with Crippen LogP contribution >= 0.6 is 0 Å². The van der Waals surface area contributed by atoms with E-state index in [0.29, 0.717) is 18.7 Å². The van der Waals surface area contributed by atoms with Gasteiger partial charge in [0.1, 0.15) is 0 Å². The van der Waals surface area contributed by atoms with Crippen LogP contribution in [0.5, 0.6) is 0 Å². The summed E-state index contributed by atoms with van der Waals surface area (Å²) < 4.78 is 38.9. The number of rotatable bonds is 2. The van der Waals surface area contributed by atoms with E-state index in [-0.39, 0.29) is 19.0 Å². The van der Waals surface area contributed by atoms with Crippen molar-refractivity contribution in [2.24, 2.45) is 0 Å². The van der Waals surface area contributed by atoms with Crippen molar-refractivity contribution in [3.8, 4) is 0 Å². The molecule has 0 atom stereocenters. The van der Waals surface area contributed by atoms with Gasteiger partial charge in [-0.05, 0) is 18.2 Å². The highest BCUT2D eigenvalue weighted by molar-refractivity contribution is 5.95. The molecule has 1 saturated heterocycles. The molecule has 2 aromatic heterocycles. The molecule has 7 heteroatoms. The van der Waals surface area contributed by atoms with E-state index < -0.39 is 12.7 Å². The van der Waals surface area contributed by atoms with Crippen LogP contribution in [0.2, 0.25) is 0 Å². The van der Waals surface area contributed by atoms with Gasteiger partial charge in [-0.2, -0.15) is 13.2 Å². The van der Waals surface area contributed by atoms with Gasteiger partial charge in [0.15, 0.2) is 0 Å². The number of pyridine rings is 1. The predicted octanol–water partition coefficient (Wildman–Crippen LogP) is 2.26. The van der Waals surface area contributed by atoms with Crippen molar-refractivity contribution in [2.75, 3.05) is 32.7 Å². The Labute approximate surface area is 125 Å². The molecule has 0 unspecified atom stereocenters. The fourth-order valence-electron chi connectivity index (χ4n) is 2.72. The van der Waals surface area contributed by atoms with Crippen LogP contribution < -0.4 is 0 Å². The van der Waals surface area contributed by atoms with E-state index >= 15 is 0 Å². The smallest absolute Gasteiger partial charge is 0.336 e. The Balaban J connectivity index is 1.64. The summed E-state index contributed by atoms with van der Waals surface area (Å²) in [5.41, 5.74) is 1.48. The molecule has 0 N–H and O–H groups in total. The molecule has 1 aliphatic rings. The molecule has 0 radical (unpaired) electrons. The maximum atomic E-state index is 12.4. The van der Waals surface area contributed by atoms with Gasteiger partial charge in [-0.1, -0.05) is 6.07 Å². The molecule has 3 rings (SSSR count). The van der Waals surface area contributed by atoms with Crippen LogP contribution in [0.25, 0.3) is 5.52 Å². The fourth-order valence-corrected chi connectivity index (χ4v) is 2.72. The van der Waals surface area contributed by atoms with Gasteiger partial charge < -0.3 is 9.30 Å². The number of hydrogen-bond donors (Lipinski definition) is 0. The van der Waals surface area contributed by atoms with Crippen molar-refractivity contribution in [3.05, 3.63) is 42.2 Å². The lowest BCUT2D eigenvalue weighted by molar-refractivity contribution is -0.148. The Morgan fingerprint density at radius 2 is 1.86 bits per heavy atom. The normalized spacial score (nSPS) is 17.1. The van der Waals surface area contributed by atoms with Gasteiger partial charge in [-0.25, -0.2) is 0 Å². The van der Waals surface area contributed by atoms with Crippen molar-refractivity contribution in [1.82, 2.24) is 14.2 Å². The van der Waals surface area contributed by atoms with Gasteiger partial charge in [0.25, 0.3) is 5.91 Å². The number of aromatic nitrogens is 1. The lowest BCUT2D eigenvalue weighted by atomic mass is 10.2. The van der Waals surface area contributed by atoms with Crippen LogP contribution in [0.3, 0.4) is 0 Å². The quantitative estimate of drug-likeness (QED) is 0.851. The Kier molecular flexibility index (Phi) is 3.82. The lowest BCUT2D eigenvalue weighted by Gasteiger charge is -2.34. The highest BCUT2D eigenvalue weighted by atomic mass is 19.4. The fraction of sp³-hybridized carbons (Fsp3) is 0.400. The number of carbonyl (C=O) groups excluding carboxylic acids is 1. The van der Waals surface area contributed by atoms with Crippen LogP contribution in [-0.4, -0.2) is 59.0 Å². The molecule has 22 heavy (non-hydrogen) atoms. The first kappa shape index (κ1) is 14.9. The largest absolute Gasteiger partial charge is 0.401 e. The number of hydrogen-bond acceptors (Lipinski definition) is 2. The molecule has 0 aliphatic carbocycles. The Hall–Kier alpha value is -2.02. The number of piperazine rings is 1. The Morgan fingerprint density at radius 3 is 2.50 bits per heavy atom. The molecule has 118 valence electrons. The van der Waals surface area contributed by atoms with Crippen molar-refractivity contribution >= 4 is 11.4 Å². The zero-order valence-corrected chi connectivity index (χ0v) is 11.9. The summed E-state index contributed by atoms with van der Waals surface area (Å²) in [5, 5.41) is 0. The Morgan fingerprint density at radius 1 is 1.14 bits per heavy atom. The monoisotopic (exact) mass is 311 g/mol. The molecule has 1 fully saturated rings. The van der Waals surface area contributed by atoms with Gasteiger partial charge in [0, 0.05) is 44.1 Å². The average Bonchev–Trinajstić information content (AvgIpc) is 2.89. The molecule has 1 amide bonds.